The van der Waals surface area contributed by atoms with Crippen LogP contribution in [0.4, 0.5) is 5.82 Å². The van der Waals surface area contributed by atoms with Gasteiger partial charge in [0, 0.05) is 38.9 Å². The van der Waals surface area contributed by atoms with Gasteiger partial charge in [-0.15, -0.1) is 0 Å². The van der Waals surface area contributed by atoms with Crippen LogP contribution in [-0.2, 0) is 22.5 Å². The summed E-state index contributed by atoms with van der Waals surface area (Å²) in [6, 6.07) is 12.1. The number of carbonyl (C=O) groups is 1. The molecule has 34 heavy (non-hydrogen) atoms. The van der Waals surface area contributed by atoms with Crippen LogP contribution in [-0.4, -0.2) is 46.5 Å². The highest BCUT2D eigenvalue weighted by atomic mass is 32.2. The number of ether oxygens (including phenoxy) is 1. The lowest BCUT2D eigenvalue weighted by Gasteiger charge is -2.19. The number of pyridine rings is 1. The minimum atomic E-state index is -0.339. The van der Waals surface area contributed by atoms with Gasteiger partial charge in [-0.05, 0) is 43.9 Å². The fourth-order valence-electron chi connectivity index (χ4n) is 3.82. The van der Waals surface area contributed by atoms with Gasteiger partial charge in [0.1, 0.15) is 21.8 Å². The van der Waals surface area contributed by atoms with Gasteiger partial charge >= 0.3 is 0 Å². The molecule has 178 valence electrons. The molecule has 1 saturated heterocycles. The lowest BCUT2D eigenvalue weighted by Crippen LogP contribution is -2.30. The third-order valence-electron chi connectivity index (χ3n) is 5.62. The normalized spacial score (nSPS) is 14.6. The number of hydrogen-bond donors (Lipinski definition) is 1. The average Bonchev–Trinajstić information content (AvgIpc) is 3.10. The van der Waals surface area contributed by atoms with Crippen molar-refractivity contribution in [2.75, 3.05) is 32.1 Å². The second-order valence-corrected chi connectivity index (χ2v) is 9.44. The van der Waals surface area contributed by atoms with Gasteiger partial charge < -0.3 is 10.1 Å². The molecule has 7 nitrogen and oxygen atoms in total. The quantitative estimate of drug-likeness (QED) is 0.303. The summed E-state index contributed by atoms with van der Waals surface area (Å²) in [5.41, 5.74) is 2.11. The van der Waals surface area contributed by atoms with Crippen LogP contribution in [0.25, 0.3) is 6.08 Å². The Balaban J connectivity index is 1.99. The number of nitrogens with one attached hydrogen (secondary N) is 1. The second-order valence-electron chi connectivity index (χ2n) is 7.77. The Morgan fingerprint density at radius 2 is 2.00 bits per heavy atom. The van der Waals surface area contributed by atoms with Crippen LogP contribution in [0.5, 0.6) is 0 Å². The third kappa shape index (κ3) is 5.58. The molecule has 1 aliphatic heterocycles. The smallest absolute Gasteiger partial charge is 0.270 e. The third-order valence-corrected chi connectivity index (χ3v) is 7.00. The maximum Gasteiger partial charge on any atom is 0.270 e. The number of benzene rings is 1. The van der Waals surface area contributed by atoms with Crippen molar-refractivity contribution in [2.24, 2.45) is 0 Å². The topological polar surface area (TPSA) is 87.4 Å². The number of rotatable bonds is 10. The van der Waals surface area contributed by atoms with Crippen molar-refractivity contribution in [3.63, 3.8) is 0 Å². The SMILES string of the molecule is CCn1c(NCCc2ccccc2)c(/C=C2/SC(=S)N(CCCOC)C2=O)c(C)c(C#N)c1=O. The Bertz CT molecular complexity index is 1200. The van der Waals surface area contributed by atoms with E-state index in [1.807, 2.05) is 31.2 Å². The molecule has 1 aliphatic rings. The van der Waals surface area contributed by atoms with Crippen molar-refractivity contribution in [1.82, 2.24) is 9.47 Å². The maximum absolute atomic E-state index is 13.1. The number of nitriles is 1. The molecule has 1 N–H and O–H groups in total. The summed E-state index contributed by atoms with van der Waals surface area (Å²) in [5, 5.41) is 13.1. The molecular formula is C25H28N4O3S2. The molecule has 1 amide bonds. The van der Waals surface area contributed by atoms with Gasteiger partial charge in [0.15, 0.2) is 0 Å². The van der Waals surface area contributed by atoms with Gasteiger partial charge in [0.2, 0.25) is 0 Å². The number of carbonyl (C=O) groups excluding carboxylic acids is 1. The highest BCUT2D eigenvalue weighted by Gasteiger charge is 2.32. The number of amides is 1. The Labute approximate surface area is 209 Å². The lowest BCUT2D eigenvalue weighted by molar-refractivity contribution is -0.122. The highest BCUT2D eigenvalue weighted by Crippen LogP contribution is 2.35. The Kier molecular flexibility index (Phi) is 9.05. The number of thioether (sulfide) groups is 1. The average molecular weight is 497 g/mol. The molecule has 0 saturated carbocycles. The zero-order valence-electron chi connectivity index (χ0n) is 19.6. The zero-order valence-corrected chi connectivity index (χ0v) is 21.2. The van der Waals surface area contributed by atoms with E-state index in [0.29, 0.717) is 58.8 Å². The van der Waals surface area contributed by atoms with Crippen molar-refractivity contribution < 1.29 is 9.53 Å². The summed E-state index contributed by atoms with van der Waals surface area (Å²) in [7, 11) is 1.62. The first-order chi connectivity index (χ1) is 16.4. The molecule has 0 radical (unpaired) electrons. The fraction of sp³-hybridized carbons (Fsp3) is 0.360. The summed E-state index contributed by atoms with van der Waals surface area (Å²) in [6.07, 6.45) is 3.20. The molecule has 1 fully saturated rings. The Morgan fingerprint density at radius 1 is 1.26 bits per heavy atom. The number of hydrogen-bond acceptors (Lipinski definition) is 7. The van der Waals surface area contributed by atoms with Crippen molar-refractivity contribution >= 4 is 46.1 Å². The van der Waals surface area contributed by atoms with Crippen LogP contribution in [0.1, 0.15) is 35.6 Å². The van der Waals surface area contributed by atoms with E-state index in [1.54, 1.807) is 29.6 Å². The molecular weight excluding hydrogens is 468 g/mol. The number of anilines is 1. The zero-order chi connectivity index (χ0) is 24.7. The highest BCUT2D eigenvalue weighted by molar-refractivity contribution is 8.26. The van der Waals surface area contributed by atoms with Crippen LogP contribution in [0, 0.1) is 18.3 Å². The first-order valence-electron chi connectivity index (χ1n) is 11.1. The van der Waals surface area contributed by atoms with Gasteiger partial charge in [-0.1, -0.05) is 54.3 Å². The fourth-order valence-corrected chi connectivity index (χ4v) is 5.11. The Hall–Kier alpha value is -2.93. The molecule has 0 atom stereocenters. The monoisotopic (exact) mass is 496 g/mol. The summed E-state index contributed by atoms with van der Waals surface area (Å²) >= 11 is 6.67. The van der Waals surface area contributed by atoms with Crippen molar-refractivity contribution in [1.29, 1.82) is 5.26 Å². The molecule has 2 heterocycles. The first-order valence-corrected chi connectivity index (χ1v) is 12.3. The van der Waals surface area contributed by atoms with E-state index in [9.17, 15) is 14.9 Å². The van der Waals surface area contributed by atoms with Gasteiger partial charge in [-0.25, -0.2) is 0 Å². The number of aromatic nitrogens is 1. The van der Waals surface area contributed by atoms with Crippen molar-refractivity contribution in [2.45, 2.75) is 33.2 Å². The summed E-state index contributed by atoms with van der Waals surface area (Å²) in [6.45, 7) is 5.60. The van der Waals surface area contributed by atoms with Gasteiger partial charge in [0.05, 0.1) is 4.91 Å². The van der Waals surface area contributed by atoms with E-state index in [-0.39, 0.29) is 17.0 Å². The van der Waals surface area contributed by atoms with E-state index >= 15 is 0 Å². The number of thiocarbonyl (C=S) groups is 1. The molecule has 2 aromatic rings. The van der Waals surface area contributed by atoms with E-state index < -0.39 is 0 Å². The van der Waals surface area contributed by atoms with Gasteiger partial charge in [-0.3, -0.25) is 19.1 Å². The molecule has 3 rings (SSSR count). The molecule has 1 aromatic carbocycles. The molecule has 0 unspecified atom stereocenters. The second kappa shape index (κ2) is 12.0. The largest absolute Gasteiger partial charge is 0.385 e. The van der Waals surface area contributed by atoms with Crippen LogP contribution in [0.15, 0.2) is 40.0 Å². The van der Waals surface area contributed by atoms with Crippen LogP contribution >= 0.6 is 24.0 Å². The molecule has 1 aromatic heterocycles. The van der Waals surface area contributed by atoms with E-state index in [1.165, 1.54) is 17.3 Å². The summed E-state index contributed by atoms with van der Waals surface area (Å²) in [4.78, 5) is 28.1. The summed E-state index contributed by atoms with van der Waals surface area (Å²) in [5.74, 6) is 0.429. The number of methoxy groups -OCH3 is 1. The van der Waals surface area contributed by atoms with Gasteiger partial charge in [0.25, 0.3) is 11.5 Å². The number of nitrogens with zero attached hydrogens (tertiary/aromatic N) is 3. The van der Waals surface area contributed by atoms with Crippen LogP contribution < -0.4 is 10.9 Å². The van der Waals surface area contributed by atoms with E-state index in [0.717, 1.165) is 6.42 Å². The minimum Gasteiger partial charge on any atom is -0.385 e. The molecule has 0 spiro atoms. The van der Waals surface area contributed by atoms with E-state index in [2.05, 4.69) is 17.4 Å². The Morgan fingerprint density at radius 3 is 2.65 bits per heavy atom. The van der Waals surface area contributed by atoms with Crippen LogP contribution in [0.3, 0.4) is 0 Å². The van der Waals surface area contributed by atoms with Crippen molar-refractivity contribution in [3.8, 4) is 6.07 Å². The lowest BCUT2D eigenvalue weighted by atomic mass is 10.0. The first kappa shape index (κ1) is 25.7. The van der Waals surface area contributed by atoms with Crippen molar-refractivity contribution in [3.05, 3.63) is 67.8 Å². The minimum absolute atomic E-state index is 0.0808. The predicted molar refractivity (Wildman–Crippen MR) is 141 cm³/mol. The molecule has 9 heteroatoms. The van der Waals surface area contributed by atoms with Gasteiger partial charge in [-0.2, -0.15) is 5.26 Å². The maximum atomic E-state index is 13.1. The molecule has 0 bridgehead atoms. The summed E-state index contributed by atoms with van der Waals surface area (Å²) < 4.78 is 7.13. The van der Waals surface area contributed by atoms with E-state index in [4.69, 9.17) is 17.0 Å². The van der Waals surface area contributed by atoms with Crippen LogP contribution in [0.2, 0.25) is 0 Å². The molecule has 0 aliphatic carbocycles. The standard InChI is InChI=1S/C25H28N4O3S2/c1-4-28-22(27-12-11-18-9-6-5-7-10-18)19(17(2)20(16-26)23(28)30)15-21-24(31)29(25(33)34-21)13-8-14-32-3/h5-7,9-10,15,27H,4,8,11-14H2,1-3H3/b21-15+. The predicted octanol–water partition coefficient (Wildman–Crippen LogP) is 3.94.